The summed E-state index contributed by atoms with van der Waals surface area (Å²) in [5, 5.41) is 0. The number of nitrogens with zero attached hydrogens (tertiary/aromatic N) is 2. The topological polar surface area (TPSA) is 52.0 Å². The van der Waals surface area contributed by atoms with Crippen molar-refractivity contribution < 1.29 is 8.42 Å². The molecule has 1 aromatic rings. The molecule has 2 aliphatic rings. The maximum absolute atomic E-state index is 11.7. The Kier molecular flexibility index (Phi) is 3.41. The zero-order chi connectivity index (χ0) is 13.5. The van der Waals surface area contributed by atoms with Crippen molar-refractivity contribution in [1.29, 1.82) is 0 Å². The lowest BCUT2D eigenvalue weighted by Crippen LogP contribution is -2.26. The first kappa shape index (κ1) is 13.2. The summed E-state index contributed by atoms with van der Waals surface area (Å²) in [5.74, 6) is 2.18. The Hall–Kier alpha value is -0.840. The first-order chi connectivity index (χ1) is 9.03. The molecular formula is C14H22N2O2S. The quantitative estimate of drug-likeness (QED) is 0.835. The van der Waals surface area contributed by atoms with Gasteiger partial charge in [-0.15, -0.1) is 0 Å². The zero-order valence-electron chi connectivity index (χ0n) is 11.5. The Morgan fingerprint density at radius 2 is 2.21 bits per heavy atom. The molecule has 0 bridgehead atoms. The van der Waals surface area contributed by atoms with E-state index in [1.807, 2.05) is 0 Å². The van der Waals surface area contributed by atoms with Crippen molar-refractivity contribution in [3.63, 3.8) is 0 Å². The second-order valence-corrected chi connectivity index (χ2v) is 8.35. The van der Waals surface area contributed by atoms with E-state index < -0.39 is 9.84 Å². The van der Waals surface area contributed by atoms with Gasteiger partial charge in [0.25, 0.3) is 0 Å². The lowest BCUT2D eigenvalue weighted by atomic mass is 10.00. The van der Waals surface area contributed by atoms with Gasteiger partial charge >= 0.3 is 0 Å². The number of fused-ring (bicyclic) bond motifs is 1. The van der Waals surface area contributed by atoms with E-state index in [-0.39, 0.29) is 5.92 Å². The summed E-state index contributed by atoms with van der Waals surface area (Å²) in [6.07, 6.45) is 8.32. The largest absolute Gasteiger partial charge is 0.332 e. The average molecular weight is 282 g/mol. The van der Waals surface area contributed by atoms with Crippen molar-refractivity contribution in [2.75, 3.05) is 11.5 Å². The first-order valence-corrected chi connectivity index (χ1v) is 9.13. The molecule has 0 spiro atoms. The third-order valence-corrected chi connectivity index (χ3v) is 6.30. The molecule has 0 aliphatic carbocycles. The Labute approximate surface area is 115 Å². The molecule has 0 amide bonds. The van der Waals surface area contributed by atoms with Crippen LogP contribution in [0.1, 0.15) is 50.2 Å². The van der Waals surface area contributed by atoms with E-state index in [2.05, 4.69) is 17.7 Å². The van der Waals surface area contributed by atoms with Gasteiger partial charge in [-0.3, -0.25) is 0 Å². The van der Waals surface area contributed by atoms with Crippen molar-refractivity contribution >= 4 is 9.84 Å². The highest BCUT2D eigenvalue weighted by atomic mass is 32.2. The van der Waals surface area contributed by atoms with Crippen molar-refractivity contribution in [3.05, 3.63) is 17.7 Å². The van der Waals surface area contributed by atoms with Gasteiger partial charge in [-0.2, -0.15) is 0 Å². The van der Waals surface area contributed by atoms with E-state index in [0.717, 1.165) is 31.4 Å². The van der Waals surface area contributed by atoms with Gasteiger partial charge in [0.1, 0.15) is 5.82 Å². The molecule has 3 rings (SSSR count). The monoisotopic (exact) mass is 282 g/mol. The van der Waals surface area contributed by atoms with Crippen LogP contribution in [-0.4, -0.2) is 29.5 Å². The molecule has 19 heavy (non-hydrogen) atoms. The minimum atomic E-state index is -2.80. The van der Waals surface area contributed by atoms with Crippen LogP contribution in [-0.2, 0) is 22.7 Å². The molecule has 1 saturated heterocycles. The molecule has 0 radical (unpaired) electrons. The van der Waals surface area contributed by atoms with E-state index in [1.165, 1.54) is 18.7 Å². The molecule has 0 aromatic carbocycles. The van der Waals surface area contributed by atoms with Crippen LogP contribution in [0.5, 0.6) is 0 Å². The van der Waals surface area contributed by atoms with E-state index in [0.29, 0.717) is 17.5 Å². The fourth-order valence-corrected chi connectivity index (χ4v) is 5.20. The molecule has 2 atom stereocenters. The molecule has 106 valence electrons. The highest BCUT2D eigenvalue weighted by Gasteiger charge is 2.26. The number of aromatic nitrogens is 2. The molecule has 1 fully saturated rings. The normalized spacial score (nSPS) is 29.9. The van der Waals surface area contributed by atoms with Crippen molar-refractivity contribution in [3.8, 4) is 0 Å². The molecule has 3 heterocycles. The van der Waals surface area contributed by atoms with Crippen molar-refractivity contribution in [1.82, 2.24) is 9.55 Å². The fourth-order valence-electron chi connectivity index (χ4n) is 3.42. The molecule has 2 unspecified atom stereocenters. The van der Waals surface area contributed by atoms with Gasteiger partial charge < -0.3 is 4.57 Å². The highest BCUT2D eigenvalue weighted by molar-refractivity contribution is 7.91. The van der Waals surface area contributed by atoms with E-state index in [9.17, 15) is 8.42 Å². The molecule has 5 heteroatoms. The van der Waals surface area contributed by atoms with Crippen LogP contribution in [0.2, 0.25) is 0 Å². The van der Waals surface area contributed by atoms with E-state index in [1.54, 1.807) is 0 Å². The van der Waals surface area contributed by atoms with Gasteiger partial charge in [0, 0.05) is 18.7 Å². The molecular weight excluding hydrogens is 260 g/mol. The van der Waals surface area contributed by atoms with Gasteiger partial charge in [-0.05, 0) is 44.9 Å². The Balaban J connectivity index is 1.73. The SMILES string of the molecule is CC1CCCc2nc(CC3CCCS(=O)(=O)C3)cn21. The summed E-state index contributed by atoms with van der Waals surface area (Å²) in [7, 11) is -2.80. The number of hydrogen-bond acceptors (Lipinski definition) is 3. The second-order valence-electron chi connectivity index (χ2n) is 6.12. The summed E-state index contributed by atoms with van der Waals surface area (Å²) < 4.78 is 25.6. The van der Waals surface area contributed by atoms with E-state index in [4.69, 9.17) is 4.98 Å². The van der Waals surface area contributed by atoms with Gasteiger partial charge in [0.15, 0.2) is 9.84 Å². The predicted molar refractivity (Wildman–Crippen MR) is 75.0 cm³/mol. The van der Waals surface area contributed by atoms with E-state index >= 15 is 0 Å². The van der Waals surface area contributed by atoms with Crippen LogP contribution >= 0.6 is 0 Å². The van der Waals surface area contributed by atoms with Gasteiger partial charge in [0.05, 0.1) is 17.2 Å². The lowest BCUT2D eigenvalue weighted by molar-refractivity contribution is 0.425. The number of rotatable bonds is 2. The smallest absolute Gasteiger partial charge is 0.150 e. The summed E-state index contributed by atoms with van der Waals surface area (Å²) >= 11 is 0. The number of hydrogen-bond donors (Lipinski definition) is 0. The van der Waals surface area contributed by atoms with Crippen LogP contribution < -0.4 is 0 Å². The number of imidazole rings is 1. The molecule has 1 aromatic heterocycles. The Morgan fingerprint density at radius 3 is 2.95 bits per heavy atom. The number of sulfone groups is 1. The maximum Gasteiger partial charge on any atom is 0.150 e. The minimum Gasteiger partial charge on any atom is -0.332 e. The average Bonchev–Trinajstić information content (AvgIpc) is 2.71. The Morgan fingerprint density at radius 1 is 1.37 bits per heavy atom. The third kappa shape index (κ3) is 2.86. The third-order valence-electron chi connectivity index (χ3n) is 4.41. The number of aryl methyl sites for hydroxylation is 1. The second kappa shape index (κ2) is 4.93. The van der Waals surface area contributed by atoms with Crippen molar-refractivity contribution in [2.24, 2.45) is 5.92 Å². The summed E-state index contributed by atoms with van der Waals surface area (Å²) in [5.41, 5.74) is 1.09. The van der Waals surface area contributed by atoms with Gasteiger partial charge in [-0.25, -0.2) is 13.4 Å². The maximum atomic E-state index is 11.7. The standard InChI is InChI=1S/C14H22N2O2S/c1-11-4-2-6-14-15-13(9-16(11)14)8-12-5-3-7-19(17,18)10-12/h9,11-12H,2-8,10H2,1H3. The van der Waals surface area contributed by atoms with Crippen LogP contribution in [0.3, 0.4) is 0 Å². The minimum absolute atomic E-state index is 0.269. The fraction of sp³-hybridized carbons (Fsp3) is 0.786. The Bertz CT molecular complexity index is 562. The van der Waals surface area contributed by atoms with Crippen LogP contribution in [0.15, 0.2) is 6.20 Å². The molecule has 2 aliphatic heterocycles. The zero-order valence-corrected chi connectivity index (χ0v) is 12.3. The first-order valence-electron chi connectivity index (χ1n) is 7.30. The molecule has 0 saturated carbocycles. The molecule has 0 N–H and O–H groups in total. The van der Waals surface area contributed by atoms with Crippen LogP contribution in [0.25, 0.3) is 0 Å². The van der Waals surface area contributed by atoms with Gasteiger partial charge in [0.2, 0.25) is 0 Å². The predicted octanol–water partition coefficient (Wildman–Crippen LogP) is 2.15. The summed E-state index contributed by atoms with van der Waals surface area (Å²) in [6.45, 7) is 2.24. The van der Waals surface area contributed by atoms with Crippen molar-refractivity contribution in [2.45, 2.75) is 51.5 Å². The summed E-state index contributed by atoms with van der Waals surface area (Å²) in [4.78, 5) is 4.71. The van der Waals surface area contributed by atoms with Crippen LogP contribution in [0.4, 0.5) is 0 Å². The summed E-state index contributed by atoms with van der Waals surface area (Å²) in [6, 6.07) is 0.542. The molecule has 4 nitrogen and oxygen atoms in total. The van der Waals surface area contributed by atoms with Crippen LogP contribution in [0, 0.1) is 5.92 Å². The van der Waals surface area contributed by atoms with Gasteiger partial charge in [-0.1, -0.05) is 0 Å². The lowest BCUT2D eigenvalue weighted by Gasteiger charge is -2.21. The highest BCUT2D eigenvalue weighted by Crippen LogP contribution is 2.27.